The molecule has 1 unspecified atom stereocenters. The van der Waals surface area contributed by atoms with Gasteiger partial charge in [-0.3, -0.25) is 24.4 Å². The van der Waals surface area contributed by atoms with Crippen LogP contribution in [0.5, 0.6) is 0 Å². The zero-order valence-electron chi connectivity index (χ0n) is 31.1. The molecule has 0 spiro atoms. The van der Waals surface area contributed by atoms with Crippen molar-refractivity contribution in [1.82, 2.24) is 39.8 Å². The zero-order valence-corrected chi connectivity index (χ0v) is 31.1. The first-order valence-electron chi connectivity index (χ1n) is 19.5. The van der Waals surface area contributed by atoms with E-state index < -0.39 is 6.04 Å². The smallest absolute Gasteiger partial charge is 0.257 e. The number of amides is 3. The number of hydrogen-bond acceptors (Lipinski definition) is 9. The van der Waals surface area contributed by atoms with Crippen LogP contribution >= 0.6 is 0 Å². The second kappa shape index (κ2) is 16.3. The van der Waals surface area contributed by atoms with Gasteiger partial charge in [-0.1, -0.05) is 36.8 Å². The monoisotopic (exact) mass is 740 g/mol. The molecule has 4 N–H and O–H groups in total. The van der Waals surface area contributed by atoms with Gasteiger partial charge in [0.05, 0.1) is 17.5 Å². The van der Waals surface area contributed by atoms with Crippen molar-refractivity contribution >= 4 is 46.1 Å². The molecule has 3 aromatic heterocycles. The lowest BCUT2D eigenvalue weighted by Crippen LogP contribution is -2.52. The molecule has 1 atom stereocenters. The average molecular weight is 741 g/mol. The van der Waals surface area contributed by atoms with Crippen LogP contribution in [-0.4, -0.2) is 84.5 Å². The Morgan fingerprint density at radius 1 is 0.945 bits per heavy atom. The number of aryl methyl sites for hydroxylation is 1. The van der Waals surface area contributed by atoms with Crippen LogP contribution in [0.2, 0.25) is 0 Å². The zero-order chi connectivity index (χ0) is 37.7. The molecule has 0 radical (unpaired) electrons. The fourth-order valence-corrected chi connectivity index (χ4v) is 8.13. The number of unbranched alkanes of at least 4 members (excludes halogenated alkanes) is 2. The van der Waals surface area contributed by atoms with E-state index in [1.165, 1.54) is 5.56 Å². The molecule has 8 rings (SSSR count). The van der Waals surface area contributed by atoms with Crippen LogP contribution in [0.15, 0.2) is 79.8 Å². The van der Waals surface area contributed by atoms with Crippen LogP contribution in [0, 0.1) is 0 Å². The van der Waals surface area contributed by atoms with Gasteiger partial charge in [-0.2, -0.15) is 10.1 Å². The minimum Gasteiger partial charge on any atom is -0.384 e. The molecule has 0 saturated carbocycles. The number of hydrogen-bond donors (Lipinski definition) is 4. The standard InChI is InChI=1S/C42H48N10O3/c1-2-3-22-51-26-31(25-45-51)38-33-16-20-44-39(33)49-42(48-38)46-32-12-10-28(11-13-32)29-17-23-50(24-18-29)21-6-4-5-19-43-34-9-7-8-30-27-52(41(55)37(30)34)35-14-15-36(53)47-40(35)54/h2,7-13,16,20,25-26,29,35,43H,1,3-6,14-15,17-19,21-24,27H2,(H,47,53,54)(H2,44,46,48,49). The predicted octanol–water partition coefficient (Wildman–Crippen LogP) is 6.36. The Hall–Kier alpha value is -5.82. The molecule has 13 nitrogen and oxygen atoms in total. The summed E-state index contributed by atoms with van der Waals surface area (Å²) in [5.74, 6) is 0.289. The van der Waals surface area contributed by atoms with Crippen molar-refractivity contribution in [3.8, 4) is 11.3 Å². The summed E-state index contributed by atoms with van der Waals surface area (Å²) in [6.07, 6.45) is 14.7. The highest BCUT2D eigenvalue weighted by atomic mass is 16.2. The van der Waals surface area contributed by atoms with Gasteiger partial charge in [0.1, 0.15) is 11.7 Å². The van der Waals surface area contributed by atoms with E-state index in [1.807, 2.05) is 53.6 Å². The Morgan fingerprint density at radius 2 is 1.80 bits per heavy atom. The normalized spacial score (nSPS) is 17.8. The molecule has 13 heteroatoms. The quantitative estimate of drug-likeness (QED) is 0.0546. The Balaban J connectivity index is 0.770. The minimum atomic E-state index is -0.601. The number of carbonyl (C=O) groups is 3. The molecule has 3 amide bonds. The number of aromatic amines is 1. The molecule has 284 valence electrons. The third-order valence-corrected chi connectivity index (χ3v) is 11.1. The van der Waals surface area contributed by atoms with Crippen molar-refractivity contribution in [3.63, 3.8) is 0 Å². The van der Waals surface area contributed by atoms with E-state index in [0.717, 1.165) is 110 Å². The minimum absolute atomic E-state index is 0.140. The van der Waals surface area contributed by atoms with E-state index in [-0.39, 0.29) is 24.1 Å². The largest absolute Gasteiger partial charge is 0.384 e. The van der Waals surface area contributed by atoms with Gasteiger partial charge in [-0.25, -0.2) is 4.98 Å². The first-order valence-corrected chi connectivity index (χ1v) is 19.5. The number of rotatable bonds is 15. The average Bonchev–Trinajstić information content (AvgIpc) is 3.95. The van der Waals surface area contributed by atoms with E-state index in [9.17, 15) is 14.4 Å². The maximum absolute atomic E-state index is 13.4. The lowest BCUT2D eigenvalue weighted by molar-refractivity contribution is -0.136. The van der Waals surface area contributed by atoms with Crippen molar-refractivity contribution in [2.45, 2.75) is 76.4 Å². The summed E-state index contributed by atoms with van der Waals surface area (Å²) < 4.78 is 1.92. The van der Waals surface area contributed by atoms with Crippen LogP contribution in [0.25, 0.3) is 22.3 Å². The molecule has 2 saturated heterocycles. The van der Waals surface area contributed by atoms with Crippen molar-refractivity contribution in [3.05, 3.63) is 96.5 Å². The summed E-state index contributed by atoms with van der Waals surface area (Å²) in [6, 6.07) is 16.0. The number of aromatic nitrogens is 5. The Bertz CT molecular complexity index is 2180. The second-order valence-electron chi connectivity index (χ2n) is 14.8. The number of H-pyrrole nitrogens is 1. The molecule has 55 heavy (non-hydrogen) atoms. The van der Waals surface area contributed by atoms with E-state index in [1.54, 1.807) is 4.90 Å². The number of fused-ring (bicyclic) bond motifs is 2. The third kappa shape index (κ3) is 8.02. The molecule has 3 aliphatic rings. The van der Waals surface area contributed by atoms with Gasteiger partial charge < -0.3 is 25.4 Å². The topological polar surface area (TPSA) is 153 Å². The number of anilines is 3. The fraction of sp³-hybridized carbons (Fsp3) is 0.381. The van der Waals surface area contributed by atoms with Crippen molar-refractivity contribution in [2.75, 3.05) is 36.8 Å². The molecular formula is C42H48N10O3. The summed E-state index contributed by atoms with van der Waals surface area (Å²) in [5, 5.41) is 14.7. The van der Waals surface area contributed by atoms with Gasteiger partial charge in [0.25, 0.3) is 5.91 Å². The SMILES string of the molecule is C=CCCn1cc(-c2nc(Nc3ccc(C4CCN(CCCCCNc5cccc6c5C(=O)N(C5CCC(=O)NC5=O)C6)CC4)cc3)nc3[nH]ccc23)cn1. The Morgan fingerprint density at radius 3 is 2.62 bits per heavy atom. The molecule has 2 aromatic carbocycles. The van der Waals surface area contributed by atoms with Gasteiger partial charge in [0.2, 0.25) is 17.8 Å². The maximum atomic E-state index is 13.4. The molecular weight excluding hydrogens is 693 g/mol. The Kier molecular flexibility index (Phi) is 10.7. The van der Waals surface area contributed by atoms with Gasteiger partial charge in [0, 0.05) is 60.8 Å². The summed E-state index contributed by atoms with van der Waals surface area (Å²) in [6.45, 7) is 9.06. The van der Waals surface area contributed by atoms with Gasteiger partial charge in [0.15, 0.2) is 0 Å². The summed E-state index contributed by atoms with van der Waals surface area (Å²) in [4.78, 5) is 54.4. The van der Waals surface area contributed by atoms with Crippen molar-refractivity contribution in [2.24, 2.45) is 0 Å². The number of likely N-dealkylation sites (tertiary alicyclic amines) is 1. The first kappa shape index (κ1) is 36.2. The maximum Gasteiger partial charge on any atom is 0.257 e. The van der Waals surface area contributed by atoms with Gasteiger partial charge in [-0.15, -0.1) is 6.58 Å². The van der Waals surface area contributed by atoms with E-state index >= 15 is 0 Å². The van der Waals surface area contributed by atoms with E-state index in [2.05, 4.69) is 61.8 Å². The number of nitrogens with one attached hydrogen (secondary N) is 4. The molecule has 6 heterocycles. The number of imide groups is 1. The lowest BCUT2D eigenvalue weighted by Gasteiger charge is -2.32. The third-order valence-electron chi connectivity index (χ3n) is 11.1. The molecule has 0 bridgehead atoms. The van der Waals surface area contributed by atoms with Crippen LogP contribution in [0.4, 0.5) is 17.3 Å². The number of piperidine rings is 2. The number of benzene rings is 2. The number of nitrogens with zero attached hydrogens (tertiary/aromatic N) is 6. The highest BCUT2D eigenvalue weighted by Gasteiger charge is 2.40. The number of carbonyl (C=O) groups excluding carboxylic acids is 3. The Labute approximate surface area is 320 Å². The lowest BCUT2D eigenvalue weighted by atomic mass is 9.89. The highest BCUT2D eigenvalue weighted by Crippen LogP contribution is 2.33. The van der Waals surface area contributed by atoms with Gasteiger partial charge >= 0.3 is 0 Å². The first-order chi connectivity index (χ1) is 26.9. The van der Waals surface area contributed by atoms with E-state index in [4.69, 9.17) is 9.97 Å². The van der Waals surface area contributed by atoms with Crippen LogP contribution < -0.4 is 16.0 Å². The number of allylic oxidation sites excluding steroid dienone is 1. The van der Waals surface area contributed by atoms with Crippen molar-refractivity contribution < 1.29 is 14.4 Å². The summed E-state index contributed by atoms with van der Waals surface area (Å²) >= 11 is 0. The predicted molar refractivity (Wildman–Crippen MR) is 213 cm³/mol. The van der Waals surface area contributed by atoms with Crippen LogP contribution in [-0.2, 0) is 22.7 Å². The summed E-state index contributed by atoms with van der Waals surface area (Å²) in [5.41, 5.74) is 7.29. The van der Waals surface area contributed by atoms with Crippen LogP contribution in [0.1, 0.15) is 78.8 Å². The second-order valence-corrected chi connectivity index (χ2v) is 14.8. The fourth-order valence-electron chi connectivity index (χ4n) is 8.13. The summed E-state index contributed by atoms with van der Waals surface area (Å²) in [7, 11) is 0. The van der Waals surface area contributed by atoms with Crippen LogP contribution in [0.3, 0.4) is 0 Å². The molecule has 0 aliphatic carbocycles. The van der Waals surface area contributed by atoms with E-state index in [0.29, 0.717) is 30.4 Å². The van der Waals surface area contributed by atoms with Gasteiger partial charge in [-0.05, 0) is 99.5 Å². The van der Waals surface area contributed by atoms with Crippen molar-refractivity contribution in [1.29, 1.82) is 0 Å². The molecule has 5 aromatic rings. The molecule has 3 aliphatic heterocycles. The highest BCUT2D eigenvalue weighted by molar-refractivity contribution is 6.07. The molecule has 2 fully saturated rings.